The zero-order chi connectivity index (χ0) is 11.7. The van der Waals surface area contributed by atoms with Crippen molar-refractivity contribution in [3.05, 3.63) is 24.3 Å². The molecule has 0 aliphatic heterocycles. The molecule has 5 heteroatoms. The molecule has 0 fully saturated rings. The Kier molecular flexibility index (Phi) is 2.44. The zero-order valence-electron chi connectivity index (χ0n) is 9.14. The van der Waals surface area contributed by atoms with E-state index >= 15 is 0 Å². The maximum atomic E-state index is 9.64. The maximum Gasteiger partial charge on any atom is 0.160 e. The van der Waals surface area contributed by atoms with E-state index < -0.39 is 0 Å². The average molecular weight is 219 g/mol. The number of rotatable bonds is 2. The highest BCUT2D eigenvalue weighted by atomic mass is 16.5. The van der Waals surface area contributed by atoms with Gasteiger partial charge in [0.25, 0.3) is 0 Å². The van der Waals surface area contributed by atoms with Gasteiger partial charge in [0, 0.05) is 18.7 Å². The van der Waals surface area contributed by atoms with Crippen LogP contribution in [0.3, 0.4) is 0 Å². The van der Waals surface area contributed by atoms with Crippen molar-refractivity contribution in [2.75, 3.05) is 12.8 Å². The predicted molar refractivity (Wildman–Crippen MR) is 61.3 cm³/mol. The van der Waals surface area contributed by atoms with Crippen molar-refractivity contribution >= 4 is 5.82 Å². The lowest BCUT2D eigenvalue weighted by atomic mass is 10.1. The first-order chi connectivity index (χ1) is 7.61. The fourth-order valence-electron chi connectivity index (χ4n) is 1.47. The lowest BCUT2D eigenvalue weighted by Crippen LogP contribution is -1.96. The molecule has 5 nitrogen and oxygen atoms in total. The smallest absolute Gasteiger partial charge is 0.160 e. The summed E-state index contributed by atoms with van der Waals surface area (Å²) in [6, 6.07) is 6.86. The Morgan fingerprint density at radius 2 is 2.12 bits per heavy atom. The number of phenols is 1. The highest BCUT2D eigenvalue weighted by molar-refractivity contribution is 5.65. The highest BCUT2D eigenvalue weighted by Crippen LogP contribution is 2.31. The first kappa shape index (κ1) is 10.4. The van der Waals surface area contributed by atoms with Gasteiger partial charge >= 0.3 is 0 Å². The normalized spacial score (nSPS) is 10.4. The SMILES string of the molecule is COc1ccc(-c2cc(N)n(C)n2)cc1O. The third kappa shape index (κ3) is 1.67. The van der Waals surface area contributed by atoms with Crippen molar-refractivity contribution in [1.29, 1.82) is 0 Å². The minimum absolute atomic E-state index is 0.0872. The number of aryl methyl sites for hydroxylation is 1. The molecule has 0 bridgehead atoms. The second-order valence-electron chi connectivity index (χ2n) is 3.46. The monoisotopic (exact) mass is 219 g/mol. The number of hydrogen-bond donors (Lipinski definition) is 2. The molecule has 16 heavy (non-hydrogen) atoms. The molecule has 0 aliphatic rings. The van der Waals surface area contributed by atoms with Crippen LogP contribution in [0.4, 0.5) is 5.82 Å². The van der Waals surface area contributed by atoms with E-state index in [2.05, 4.69) is 5.10 Å². The van der Waals surface area contributed by atoms with E-state index in [4.69, 9.17) is 10.5 Å². The summed E-state index contributed by atoms with van der Waals surface area (Å²) in [7, 11) is 3.27. The maximum absolute atomic E-state index is 9.64. The summed E-state index contributed by atoms with van der Waals surface area (Å²) in [4.78, 5) is 0. The number of phenolic OH excluding ortho intramolecular Hbond substituents is 1. The molecule has 0 saturated heterocycles. The average Bonchev–Trinajstić information content (AvgIpc) is 2.59. The minimum Gasteiger partial charge on any atom is -0.504 e. The Balaban J connectivity index is 2.45. The fourth-order valence-corrected chi connectivity index (χ4v) is 1.47. The van der Waals surface area contributed by atoms with Gasteiger partial charge in [0.2, 0.25) is 0 Å². The molecular formula is C11H13N3O2. The number of anilines is 1. The number of benzene rings is 1. The summed E-state index contributed by atoms with van der Waals surface area (Å²) in [6.07, 6.45) is 0. The molecule has 0 atom stereocenters. The second kappa shape index (κ2) is 3.77. The van der Waals surface area contributed by atoms with E-state index in [-0.39, 0.29) is 5.75 Å². The summed E-state index contributed by atoms with van der Waals surface area (Å²) in [5.74, 6) is 1.10. The van der Waals surface area contributed by atoms with Crippen molar-refractivity contribution in [2.45, 2.75) is 0 Å². The Morgan fingerprint density at radius 1 is 1.38 bits per heavy atom. The van der Waals surface area contributed by atoms with E-state index in [1.807, 2.05) is 6.07 Å². The lowest BCUT2D eigenvalue weighted by Gasteiger charge is -2.04. The molecule has 0 spiro atoms. The lowest BCUT2D eigenvalue weighted by molar-refractivity contribution is 0.373. The number of aromatic hydroxyl groups is 1. The number of nitrogens with zero attached hydrogens (tertiary/aromatic N) is 2. The van der Waals surface area contributed by atoms with Gasteiger partial charge in [0.05, 0.1) is 12.8 Å². The molecule has 0 amide bonds. The summed E-state index contributed by atoms with van der Waals surface area (Å²) in [5.41, 5.74) is 7.20. The van der Waals surface area contributed by atoms with Crippen LogP contribution in [-0.2, 0) is 7.05 Å². The van der Waals surface area contributed by atoms with Crippen LogP contribution in [0.15, 0.2) is 24.3 Å². The number of ether oxygens (including phenoxy) is 1. The Morgan fingerprint density at radius 3 is 2.62 bits per heavy atom. The molecule has 1 heterocycles. The quantitative estimate of drug-likeness (QED) is 0.800. The molecule has 3 N–H and O–H groups in total. The van der Waals surface area contributed by atoms with Gasteiger partial charge in [0.1, 0.15) is 5.82 Å². The van der Waals surface area contributed by atoms with Crippen molar-refractivity contribution in [1.82, 2.24) is 9.78 Å². The summed E-state index contributed by atoms with van der Waals surface area (Å²) in [6.45, 7) is 0. The Labute approximate surface area is 93.1 Å². The van der Waals surface area contributed by atoms with Gasteiger partial charge in [-0.15, -0.1) is 0 Å². The second-order valence-corrected chi connectivity index (χ2v) is 3.46. The molecule has 1 aromatic carbocycles. The first-order valence-corrected chi connectivity index (χ1v) is 4.78. The van der Waals surface area contributed by atoms with Gasteiger partial charge in [-0.2, -0.15) is 5.10 Å². The van der Waals surface area contributed by atoms with Gasteiger partial charge in [-0.05, 0) is 18.2 Å². The van der Waals surface area contributed by atoms with Crippen LogP contribution >= 0.6 is 0 Å². The van der Waals surface area contributed by atoms with Gasteiger partial charge in [0.15, 0.2) is 11.5 Å². The van der Waals surface area contributed by atoms with Gasteiger partial charge in [-0.25, -0.2) is 0 Å². The third-order valence-corrected chi connectivity index (χ3v) is 2.39. The molecule has 0 aliphatic carbocycles. The van der Waals surface area contributed by atoms with E-state index in [1.165, 1.54) is 7.11 Å². The number of nitrogens with two attached hydrogens (primary N) is 1. The molecular weight excluding hydrogens is 206 g/mol. The van der Waals surface area contributed by atoms with Gasteiger partial charge in [-0.3, -0.25) is 4.68 Å². The van der Waals surface area contributed by atoms with Crippen LogP contribution in [-0.4, -0.2) is 22.0 Å². The van der Waals surface area contributed by atoms with Crippen LogP contribution in [0.1, 0.15) is 0 Å². The topological polar surface area (TPSA) is 73.3 Å². The molecule has 0 radical (unpaired) electrons. The first-order valence-electron chi connectivity index (χ1n) is 4.78. The number of methoxy groups -OCH3 is 1. The van der Waals surface area contributed by atoms with E-state index in [1.54, 1.807) is 29.9 Å². The van der Waals surface area contributed by atoms with Crippen LogP contribution in [0.25, 0.3) is 11.3 Å². The summed E-state index contributed by atoms with van der Waals surface area (Å²) < 4.78 is 6.54. The largest absolute Gasteiger partial charge is 0.504 e. The molecule has 2 aromatic rings. The molecule has 1 aromatic heterocycles. The predicted octanol–water partition coefficient (Wildman–Crippen LogP) is 1.38. The number of hydrogen-bond acceptors (Lipinski definition) is 4. The summed E-state index contributed by atoms with van der Waals surface area (Å²) >= 11 is 0. The molecule has 84 valence electrons. The van der Waals surface area contributed by atoms with Crippen LogP contribution in [0.5, 0.6) is 11.5 Å². The van der Waals surface area contributed by atoms with Crippen LogP contribution in [0.2, 0.25) is 0 Å². The number of aromatic nitrogens is 2. The van der Waals surface area contributed by atoms with E-state index in [0.717, 1.165) is 11.3 Å². The number of nitrogen functional groups attached to an aromatic ring is 1. The van der Waals surface area contributed by atoms with Crippen molar-refractivity contribution < 1.29 is 9.84 Å². The van der Waals surface area contributed by atoms with E-state index in [9.17, 15) is 5.11 Å². The molecule has 2 rings (SSSR count). The Hall–Kier alpha value is -2.17. The van der Waals surface area contributed by atoms with Gasteiger partial charge < -0.3 is 15.6 Å². The van der Waals surface area contributed by atoms with Crippen molar-refractivity contribution in [3.8, 4) is 22.8 Å². The van der Waals surface area contributed by atoms with Crippen molar-refractivity contribution in [3.63, 3.8) is 0 Å². The molecule has 0 saturated carbocycles. The van der Waals surface area contributed by atoms with Crippen LogP contribution < -0.4 is 10.5 Å². The zero-order valence-corrected chi connectivity index (χ0v) is 9.14. The standard InChI is InChI=1S/C11H13N3O2/c1-14-11(12)6-8(13-14)7-3-4-10(16-2)9(15)5-7/h3-6,15H,12H2,1-2H3. The Bertz CT molecular complexity index is 500. The molecule has 0 unspecified atom stereocenters. The highest BCUT2D eigenvalue weighted by Gasteiger charge is 2.08. The van der Waals surface area contributed by atoms with Gasteiger partial charge in [-0.1, -0.05) is 0 Å². The van der Waals surface area contributed by atoms with Crippen LogP contribution in [0, 0.1) is 0 Å². The summed E-state index contributed by atoms with van der Waals surface area (Å²) in [5, 5.41) is 13.9. The fraction of sp³-hybridized carbons (Fsp3) is 0.182. The minimum atomic E-state index is 0.0872. The third-order valence-electron chi connectivity index (χ3n) is 2.39. The van der Waals surface area contributed by atoms with E-state index in [0.29, 0.717) is 11.6 Å². The van der Waals surface area contributed by atoms with Crippen molar-refractivity contribution in [2.24, 2.45) is 7.05 Å².